The Hall–Kier alpha value is -4.34. The number of carbonyl (C=O) groups excluding carboxylic acids is 1. The quantitative estimate of drug-likeness (QED) is 0.272. The van der Waals surface area contributed by atoms with Gasteiger partial charge in [0.15, 0.2) is 0 Å². The number of rotatable bonds is 10. The molecule has 1 fully saturated rings. The van der Waals surface area contributed by atoms with Crippen LogP contribution in [0, 0.1) is 12.7 Å². The average molecular weight is 557 g/mol. The van der Waals surface area contributed by atoms with Crippen molar-refractivity contribution in [1.82, 2.24) is 20.5 Å². The van der Waals surface area contributed by atoms with E-state index in [4.69, 9.17) is 4.74 Å². The molecule has 0 aliphatic carbocycles. The fourth-order valence-electron chi connectivity index (χ4n) is 5.28. The van der Waals surface area contributed by atoms with Crippen molar-refractivity contribution >= 4 is 22.8 Å². The van der Waals surface area contributed by atoms with Gasteiger partial charge in [0.05, 0.1) is 5.52 Å². The van der Waals surface area contributed by atoms with Gasteiger partial charge in [-0.3, -0.25) is 19.5 Å². The highest BCUT2D eigenvalue weighted by Gasteiger charge is 2.33. The van der Waals surface area contributed by atoms with Gasteiger partial charge in [-0.05, 0) is 67.4 Å². The molecule has 4 aromatic rings. The third-order valence-electron chi connectivity index (χ3n) is 7.36. The number of carbonyl (C=O) groups is 2. The number of hydrogen-bond donors (Lipinski definition) is 3. The van der Waals surface area contributed by atoms with Gasteiger partial charge in [0, 0.05) is 54.4 Å². The molecule has 1 aliphatic rings. The second-order valence-electron chi connectivity index (χ2n) is 10.2. The Morgan fingerprint density at radius 3 is 2.63 bits per heavy atom. The number of aliphatic carboxylic acids is 1. The predicted molar refractivity (Wildman–Crippen MR) is 154 cm³/mol. The minimum atomic E-state index is -1.00. The Labute approximate surface area is 238 Å². The van der Waals surface area contributed by atoms with Crippen molar-refractivity contribution < 1.29 is 23.8 Å². The number of benzene rings is 3. The molecule has 41 heavy (non-hydrogen) atoms. The van der Waals surface area contributed by atoms with E-state index in [0.29, 0.717) is 44.0 Å². The number of pyridine rings is 1. The molecule has 0 bridgehead atoms. The van der Waals surface area contributed by atoms with Crippen LogP contribution in [0.3, 0.4) is 0 Å². The highest BCUT2D eigenvalue weighted by Crippen LogP contribution is 2.21. The molecule has 1 aromatic heterocycles. The standard InChI is InChI=1S/C32H33FN4O4/c1-21-16-24(28-4-2-3-5-29(28)36-21)20-41-27-12-8-23(9-13-27)31(38)35-19-30(32(39)40)37-15-14-34-18-26(37)17-22-6-10-25(33)11-7-22/h2-13,16,26,30,34H,14-15,17-20H2,1H3,(H,35,38)(H,39,40). The van der Waals surface area contributed by atoms with Crippen molar-refractivity contribution in [3.8, 4) is 5.75 Å². The molecule has 2 atom stereocenters. The maximum Gasteiger partial charge on any atom is 0.322 e. The van der Waals surface area contributed by atoms with E-state index in [9.17, 15) is 19.1 Å². The summed E-state index contributed by atoms with van der Waals surface area (Å²) in [5, 5.41) is 17.2. The Morgan fingerprint density at radius 2 is 1.88 bits per heavy atom. The van der Waals surface area contributed by atoms with Crippen LogP contribution < -0.4 is 15.4 Å². The van der Waals surface area contributed by atoms with Crippen LogP contribution >= 0.6 is 0 Å². The second-order valence-corrected chi connectivity index (χ2v) is 10.2. The zero-order valence-electron chi connectivity index (χ0n) is 22.8. The summed E-state index contributed by atoms with van der Waals surface area (Å²) in [5.41, 5.74) is 4.19. The maximum absolute atomic E-state index is 13.3. The Morgan fingerprint density at radius 1 is 1.12 bits per heavy atom. The first-order chi connectivity index (χ1) is 19.9. The normalized spacial score (nSPS) is 16.3. The summed E-state index contributed by atoms with van der Waals surface area (Å²) in [6.07, 6.45) is 0.571. The van der Waals surface area contributed by atoms with Crippen molar-refractivity contribution in [3.63, 3.8) is 0 Å². The number of nitrogens with one attached hydrogen (secondary N) is 2. The lowest BCUT2D eigenvalue weighted by atomic mass is 10.0. The summed E-state index contributed by atoms with van der Waals surface area (Å²) >= 11 is 0. The molecular formula is C32H33FN4O4. The first kappa shape index (κ1) is 28.2. The highest BCUT2D eigenvalue weighted by atomic mass is 19.1. The summed E-state index contributed by atoms with van der Waals surface area (Å²) in [6, 6.07) is 22.0. The molecule has 5 rings (SSSR count). The number of halogens is 1. The lowest BCUT2D eigenvalue weighted by Crippen LogP contribution is -2.60. The van der Waals surface area contributed by atoms with Crippen molar-refractivity contribution in [2.45, 2.75) is 32.0 Å². The van der Waals surface area contributed by atoms with Gasteiger partial charge in [-0.1, -0.05) is 30.3 Å². The fraction of sp³-hybridized carbons (Fsp3) is 0.281. The zero-order valence-corrected chi connectivity index (χ0v) is 22.8. The van der Waals surface area contributed by atoms with Gasteiger partial charge in [-0.15, -0.1) is 0 Å². The molecule has 9 heteroatoms. The first-order valence-electron chi connectivity index (χ1n) is 13.7. The van der Waals surface area contributed by atoms with Crippen molar-refractivity contribution in [3.05, 3.63) is 107 Å². The van der Waals surface area contributed by atoms with Gasteiger partial charge in [0.1, 0.15) is 24.2 Å². The number of carboxylic acid groups (broad SMARTS) is 1. The van der Waals surface area contributed by atoms with Crippen molar-refractivity contribution in [2.24, 2.45) is 0 Å². The largest absolute Gasteiger partial charge is 0.489 e. The lowest BCUT2D eigenvalue weighted by molar-refractivity contribution is -0.144. The van der Waals surface area contributed by atoms with Gasteiger partial charge in [0.25, 0.3) is 5.91 Å². The smallest absolute Gasteiger partial charge is 0.322 e. The van der Waals surface area contributed by atoms with Crippen LogP contribution in [0.25, 0.3) is 10.9 Å². The second kappa shape index (κ2) is 12.9. The molecule has 1 saturated heterocycles. The minimum absolute atomic E-state index is 0.0409. The first-order valence-corrected chi connectivity index (χ1v) is 13.7. The topological polar surface area (TPSA) is 104 Å². The number of aryl methyl sites for hydroxylation is 1. The van der Waals surface area contributed by atoms with Crippen LogP contribution in [-0.4, -0.2) is 65.1 Å². The van der Waals surface area contributed by atoms with Crippen molar-refractivity contribution in [2.75, 3.05) is 26.2 Å². The van der Waals surface area contributed by atoms with E-state index in [1.807, 2.05) is 42.2 Å². The van der Waals surface area contributed by atoms with Crippen molar-refractivity contribution in [1.29, 1.82) is 0 Å². The summed E-state index contributed by atoms with van der Waals surface area (Å²) in [7, 11) is 0. The molecule has 2 unspecified atom stereocenters. The van der Waals surface area contributed by atoms with Crippen LogP contribution in [0.1, 0.15) is 27.2 Å². The zero-order chi connectivity index (χ0) is 28.8. The molecule has 8 nitrogen and oxygen atoms in total. The molecule has 0 spiro atoms. The number of nitrogens with zero attached hydrogens (tertiary/aromatic N) is 2. The van der Waals surface area contributed by atoms with E-state index in [1.54, 1.807) is 36.4 Å². The van der Waals surface area contributed by atoms with E-state index in [1.165, 1.54) is 12.1 Å². The molecule has 0 radical (unpaired) electrons. The number of ether oxygens (including phenoxy) is 1. The third kappa shape index (κ3) is 7.06. The monoisotopic (exact) mass is 556 g/mol. The summed E-state index contributed by atoms with van der Waals surface area (Å²) in [4.78, 5) is 31.6. The van der Waals surface area contributed by atoms with Gasteiger partial charge in [-0.25, -0.2) is 4.39 Å². The van der Waals surface area contributed by atoms with E-state index in [0.717, 1.165) is 27.7 Å². The van der Waals surface area contributed by atoms with Crippen LogP contribution in [0.2, 0.25) is 0 Å². The molecule has 3 aromatic carbocycles. The maximum atomic E-state index is 13.3. The van der Waals surface area contributed by atoms with Crippen LogP contribution in [-0.2, 0) is 17.8 Å². The van der Waals surface area contributed by atoms with Gasteiger partial charge in [0.2, 0.25) is 0 Å². The number of fused-ring (bicyclic) bond motifs is 1. The van der Waals surface area contributed by atoms with E-state index < -0.39 is 12.0 Å². The van der Waals surface area contributed by atoms with Gasteiger partial charge in [-0.2, -0.15) is 0 Å². The van der Waals surface area contributed by atoms with Crippen LogP contribution in [0.15, 0.2) is 78.9 Å². The third-order valence-corrected chi connectivity index (χ3v) is 7.36. The number of aromatic nitrogens is 1. The Kier molecular flexibility index (Phi) is 8.86. The molecular weight excluding hydrogens is 523 g/mol. The fourth-order valence-corrected chi connectivity index (χ4v) is 5.28. The molecule has 1 amide bonds. The number of hydrogen-bond acceptors (Lipinski definition) is 6. The molecule has 1 aliphatic heterocycles. The lowest BCUT2D eigenvalue weighted by Gasteiger charge is -2.40. The number of para-hydroxylation sites is 1. The van der Waals surface area contributed by atoms with E-state index >= 15 is 0 Å². The summed E-state index contributed by atoms with van der Waals surface area (Å²) < 4.78 is 19.3. The van der Waals surface area contributed by atoms with E-state index in [-0.39, 0.29) is 24.3 Å². The summed E-state index contributed by atoms with van der Waals surface area (Å²) in [5.74, 6) is -1.05. The average Bonchev–Trinajstić information content (AvgIpc) is 2.98. The number of carboxylic acids is 1. The number of amides is 1. The van der Waals surface area contributed by atoms with Gasteiger partial charge >= 0.3 is 5.97 Å². The van der Waals surface area contributed by atoms with Crippen LogP contribution in [0.4, 0.5) is 4.39 Å². The molecule has 212 valence electrons. The predicted octanol–water partition coefficient (Wildman–Crippen LogP) is 3.96. The van der Waals surface area contributed by atoms with E-state index in [2.05, 4.69) is 15.6 Å². The Bertz CT molecular complexity index is 1510. The molecule has 2 heterocycles. The summed E-state index contributed by atoms with van der Waals surface area (Å²) in [6.45, 7) is 4.04. The Balaban J connectivity index is 1.19. The molecule has 0 saturated carbocycles. The SMILES string of the molecule is Cc1cc(COc2ccc(C(=O)NCC(C(=O)O)N3CCNCC3Cc3ccc(F)cc3)cc2)c2ccccc2n1. The highest BCUT2D eigenvalue weighted by molar-refractivity contribution is 5.94. The van der Waals surface area contributed by atoms with Crippen LogP contribution in [0.5, 0.6) is 5.75 Å². The minimum Gasteiger partial charge on any atom is -0.489 e. The van der Waals surface area contributed by atoms with Gasteiger partial charge < -0.3 is 20.5 Å². The number of piperazine rings is 1. The molecule has 3 N–H and O–H groups in total.